The Labute approximate surface area is 141 Å². The number of carbonyl (C=O) groups excluding carboxylic acids is 2. The molecule has 0 bridgehead atoms. The summed E-state index contributed by atoms with van der Waals surface area (Å²) < 4.78 is 0. The average molecular weight is 345 g/mol. The van der Waals surface area contributed by atoms with Crippen molar-refractivity contribution in [1.82, 2.24) is 10.2 Å². The van der Waals surface area contributed by atoms with Crippen LogP contribution in [0.3, 0.4) is 0 Å². The molecular formula is C16H22Cl2N2O2. The fraction of sp³-hybridized carbons (Fsp3) is 0.500. The van der Waals surface area contributed by atoms with Crippen LogP contribution in [0.5, 0.6) is 0 Å². The van der Waals surface area contributed by atoms with E-state index in [4.69, 9.17) is 23.2 Å². The molecule has 1 rings (SSSR count). The van der Waals surface area contributed by atoms with E-state index in [0.717, 1.165) is 18.4 Å². The Balaban J connectivity index is 2.49. The number of rotatable bonds is 7. The summed E-state index contributed by atoms with van der Waals surface area (Å²) in [6.45, 7) is 5.52. The van der Waals surface area contributed by atoms with Gasteiger partial charge < -0.3 is 10.2 Å². The number of halogens is 2. The molecule has 1 aromatic carbocycles. The van der Waals surface area contributed by atoms with Gasteiger partial charge in [-0.15, -0.1) is 0 Å². The molecule has 1 aromatic rings. The zero-order chi connectivity index (χ0) is 16.5. The lowest BCUT2D eigenvalue weighted by Gasteiger charge is -2.20. The number of hydrogen-bond acceptors (Lipinski definition) is 2. The molecule has 0 saturated carbocycles. The topological polar surface area (TPSA) is 49.4 Å². The van der Waals surface area contributed by atoms with Gasteiger partial charge in [-0.05, 0) is 37.0 Å². The molecule has 22 heavy (non-hydrogen) atoms. The van der Waals surface area contributed by atoms with E-state index in [1.54, 1.807) is 17.0 Å². The summed E-state index contributed by atoms with van der Waals surface area (Å²) in [6, 6.07) is 5.23. The second-order valence-electron chi connectivity index (χ2n) is 5.03. The van der Waals surface area contributed by atoms with Crippen LogP contribution >= 0.6 is 23.2 Å². The molecular weight excluding hydrogens is 323 g/mol. The van der Waals surface area contributed by atoms with Gasteiger partial charge in [0, 0.05) is 29.7 Å². The summed E-state index contributed by atoms with van der Waals surface area (Å²) in [4.78, 5) is 25.5. The highest BCUT2D eigenvalue weighted by molar-refractivity contribution is 6.35. The van der Waals surface area contributed by atoms with Crippen molar-refractivity contribution in [3.05, 3.63) is 33.8 Å². The summed E-state index contributed by atoms with van der Waals surface area (Å²) in [6.07, 6.45) is 2.22. The monoisotopic (exact) mass is 344 g/mol. The molecule has 0 aromatic heterocycles. The van der Waals surface area contributed by atoms with Gasteiger partial charge >= 0.3 is 11.8 Å². The molecule has 0 aliphatic carbocycles. The number of carbonyl (C=O) groups is 2. The van der Waals surface area contributed by atoms with E-state index in [1.807, 2.05) is 19.9 Å². The predicted octanol–water partition coefficient (Wildman–Crippen LogP) is 3.30. The van der Waals surface area contributed by atoms with E-state index in [9.17, 15) is 9.59 Å². The van der Waals surface area contributed by atoms with Crippen molar-refractivity contribution in [1.29, 1.82) is 0 Å². The minimum Gasteiger partial charge on any atom is -0.347 e. The summed E-state index contributed by atoms with van der Waals surface area (Å²) >= 11 is 11.9. The minimum atomic E-state index is -0.563. The quantitative estimate of drug-likeness (QED) is 0.771. The van der Waals surface area contributed by atoms with Crippen LogP contribution < -0.4 is 5.32 Å². The number of nitrogens with zero attached hydrogens (tertiary/aromatic N) is 1. The maximum Gasteiger partial charge on any atom is 0.311 e. The van der Waals surface area contributed by atoms with Crippen molar-refractivity contribution in [2.45, 2.75) is 33.1 Å². The third kappa shape index (κ3) is 5.85. The average Bonchev–Trinajstić information content (AvgIpc) is 2.48. The molecule has 0 aliphatic heterocycles. The third-order valence-electron chi connectivity index (χ3n) is 3.16. The smallest absolute Gasteiger partial charge is 0.311 e. The SMILES string of the molecule is CCCN(CCC)C(=O)C(=O)NCCc1ccc(Cl)cc1Cl. The van der Waals surface area contributed by atoms with Crippen molar-refractivity contribution in [2.75, 3.05) is 19.6 Å². The maximum absolute atomic E-state index is 12.0. The molecule has 122 valence electrons. The van der Waals surface area contributed by atoms with Crippen LogP contribution in [0.2, 0.25) is 10.0 Å². The first-order valence-corrected chi connectivity index (χ1v) is 8.26. The molecule has 0 aliphatic rings. The highest BCUT2D eigenvalue weighted by Gasteiger charge is 2.19. The Morgan fingerprint density at radius 1 is 1.14 bits per heavy atom. The molecule has 6 heteroatoms. The van der Waals surface area contributed by atoms with E-state index < -0.39 is 11.8 Å². The maximum atomic E-state index is 12.0. The van der Waals surface area contributed by atoms with Crippen molar-refractivity contribution in [3.8, 4) is 0 Å². The molecule has 0 unspecified atom stereocenters. The molecule has 0 fully saturated rings. The molecule has 0 atom stereocenters. The first-order chi connectivity index (χ1) is 10.5. The van der Waals surface area contributed by atoms with E-state index in [0.29, 0.717) is 36.1 Å². The zero-order valence-electron chi connectivity index (χ0n) is 13.0. The standard InChI is InChI=1S/C16H22Cl2N2O2/c1-3-9-20(10-4-2)16(22)15(21)19-8-7-12-5-6-13(17)11-14(12)18/h5-6,11H,3-4,7-10H2,1-2H3,(H,19,21). The Morgan fingerprint density at radius 2 is 1.77 bits per heavy atom. The van der Waals surface area contributed by atoms with Gasteiger partial charge in [0.05, 0.1) is 0 Å². The molecule has 0 saturated heterocycles. The normalized spacial score (nSPS) is 10.4. The van der Waals surface area contributed by atoms with Crippen molar-refractivity contribution in [2.24, 2.45) is 0 Å². The molecule has 2 amide bonds. The van der Waals surface area contributed by atoms with Gasteiger partial charge in [-0.1, -0.05) is 43.1 Å². The van der Waals surface area contributed by atoms with Crippen LogP contribution in [0.1, 0.15) is 32.3 Å². The van der Waals surface area contributed by atoms with Gasteiger partial charge in [0.15, 0.2) is 0 Å². The molecule has 4 nitrogen and oxygen atoms in total. The number of benzene rings is 1. The number of nitrogens with one attached hydrogen (secondary N) is 1. The van der Waals surface area contributed by atoms with Gasteiger partial charge in [-0.25, -0.2) is 0 Å². The summed E-state index contributed by atoms with van der Waals surface area (Å²) in [5.74, 6) is -1.03. The summed E-state index contributed by atoms with van der Waals surface area (Å²) in [5, 5.41) is 3.78. The Morgan fingerprint density at radius 3 is 2.32 bits per heavy atom. The van der Waals surface area contributed by atoms with Crippen LogP contribution in [0.4, 0.5) is 0 Å². The third-order valence-corrected chi connectivity index (χ3v) is 3.75. The lowest BCUT2D eigenvalue weighted by molar-refractivity contribution is -0.145. The van der Waals surface area contributed by atoms with Crippen molar-refractivity contribution < 1.29 is 9.59 Å². The van der Waals surface area contributed by atoms with E-state index >= 15 is 0 Å². The predicted molar refractivity (Wildman–Crippen MR) is 90.3 cm³/mol. The van der Waals surface area contributed by atoms with Gasteiger partial charge in [-0.3, -0.25) is 9.59 Å². The highest BCUT2D eigenvalue weighted by atomic mass is 35.5. The van der Waals surface area contributed by atoms with Crippen LogP contribution in [-0.4, -0.2) is 36.3 Å². The summed E-state index contributed by atoms with van der Waals surface area (Å²) in [7, 11) is 0. The molecule has 1 N–H and O–H groups in total. The van der Waals surface area contributed by atoms with Crippen LogP contribution in [0.15, 0.2) is 18.2 Å². The van der Waals surface area contributed by atoms with Crippen LogP contribution in [0, 0.1) is 0 Å². The second kappa shape index (κ2) is 9.70. The van der Waals surface area contributed by atoms with E-state index in [1.165, 1.54) is 0 Å². The van der Waals surface area contributed by atoms with Crippen molar-refractivity contribution in [3.63, 3.8) is 0 Å². The first kappa shape index (κ1) is 18.8. The molecule has 0 heterocycles. The molecule has 0 spiro atoms. The minimum absolute atomic E-state index is 0.359. The zero-order valence-corrected chi connectivity index (χ0v) is 14.5. The van der Waals surface area contributed by atoms with Crippen molar-refractivity contribution >= 4 is 35.0 Å². The largest absolute Gasteiger partial charge is 0.347 e. The lowest BCUT2D eigenvalue weighted by atomic mass is 10.1. The molecule has 0 radical (unpaired) electrons. The van der Waals surface area contributed by atoms with E-state index in [2.05, 4.69) is 5.32 Å². The fourth-order valence-corrected chi connectivity index (χ4v) is 2.61. The number of hydrogen-bond donors (Lipinski definition) is 1. The lowest BCUT2D eigenvalue weighted by Crippen LogP contribution is -2.44. The summed E-state index contributed by atoms with van der Waals surface area (Å²) in [5.41, 5.74) is 0.887. The van der Waals surface area contributed by atoms with Gasteiger partial charge in [0.1, 0.15) is 0 Å². The van der Waals surface area contributed by atoms with E-state index in [-0.39, 0.29) is 0 Å². The van der Waals surface area contributed by atoms with Gasteiger partial charge in [0.25, 0.3) is 0 Å². The Bertz CT molecular complexity index is 515. The van der Waals surface area contributed by atoms with Crippen LogP contribution in [0.25, 0.3) is 0 Å². The highest BCUT2D eigenvalue weighted by Crippen LogP contribution is 2.20. The van der Waals surface area contributed by atoms with Gasteiger partial charge in [-0.2, -0.15) is 0 Å². The van der Waals surface area contributed by atoms with Crippen LogP contribution in [-0.2, 0) is 16.0 Å². The fourth-order valence-electron chi connectivity index (χ4n) is 2.11. The first-order valence-electron chi connectivity index (χ1n) is 7.50. The Hall–Kier alpha value is -1.26. The van der Waals surface area contributed by atoms with Gasteiger partial charge in [0.2, 0.25) is 0 Å². The second-order valence-corrected chi connectivity index (χ2v) is 5.88. The Kier molecular flexibility index (Phi) is 8.28. The number of amides is 2.